The zero-order valence-electron chi connectivity index (χ0n) is 15.9. The topological polar surface area (TPSA) is 26.3 Å². The van der Waals surface area contributed by atoms with Crippen molar-refractivity contribution in [2.75, 3.05) is 0 Å². The molecule has 0 aromatic heterocycles. The van der Waals surface area contributed by atoms with Crippen LogP contribution in [0.2, 0.25) is 18.1 Å². The lowest BCUT2D eigenvalue weighted by Crippen LogP contribution is -2.50. The van der Waals surface area contributed by atoms with E-state index in [-0.39, 0.29) is 28.3 Å². The average Bonchev–Trinajstić information content (AvgIpc) is 2.30. The molecule has 0 bridgehead atoms. The van der Waals surface area contributed by atoms with Gasteiger partial charge >= 0.3 is 0 Å². The highest BCUT2D eigenvalue weighted by molar-refractivity contribution is 6.74. The van der Waals surface area contributed by atoms with Crippen LogP contribution in [-0.4, -0.2) is 20.2 Å². The molecule has 0 radical (unpaired) electrons. The third-order valence-electron chi connectivity index (χ3n) is 5.54. The summed E-state index contributed by atoms with van der Waals surface area (Å²) in [6, 6.07) is 0. The molecule has 0 N–H and O–H groups in total. The Kier molecular flexibility index (Phi) is 5.67. The van der Waals surface area contributed by atoms with E-state index in [9.17, 15) is 4.79 Å². The van der Waals surface area contributed by atoms with Crippen LogP contribution in [-0.2, 0) is 9.22 Å². The Hall–Kier alpha value is -0.673. The van der Waals surface area contributed by atoms with E-state index in [0.717, 1.165) is 6.42 Å². The molecule has 0 amide bonds. The number of allylic oxidation sites excluding steroid dienone is 3. The van der Waals surface area contributed by atoms with Gasteiger partial charge in [0.2, 0.25) is 0 Å². The van der Waals surface area contributed by atoms with Crippen molar-refractivity contribution in [3.8, 4) is 0 Å². The van der Waals surface area contributed by atoms with Crippen molar-refractivity contribution < 1.29 is 9.22 Å². The fourth-order valence-corrected chi connectivity index (χ4v) is 4.34. The molecule has 3 heteroatoms. The lowest BCUT2D eigenvalue weighted by molar-refractivity contribution is -0.112. The van der Waals surface area contributed by atoms with Crippen LogP contribution in [0.4, 0.5) is 0 Å². The fraction of sp³-hybridized carbons (Fsp3) is 0.737. The first-order valence-electron chi connectivity index (χ1n) is 8.32. The SMILES string of the molecule is CC(=O)/C=C/[C@@H]1C(C)=CC[C@H](O[Si](C)(C)C(C)(C)C)C1(C)C. The Morgan fingerprint density at radius 2 is 1.91 bits per heavy atom. The van der Waals surface area contributed by atoms with Gasteiger partial charge in [-0.1, -0.05) is 52.3 Å². The Morgan fingerprint density at radius 1 is 1.36 bits per heavy atom. The minimum absolute atomic E-state index is 0.000301. The minimum atomic E-state index is -1.80. The van der Waals surface area contributed by atoms with Crippen LogP contribution in [0.25, 0.3) is 0 Å². The van der Waals surface area contributed by atoms with Gasteiger partial charge in [-0.05, 0) is 49.9 Å². The van der Waals surface area contributed by atoms with Crippen LogP contribution in [0.3, 0.4) is 0 Å². The molecule has 2 nitrogen and oxygen atoms in total. The van der Waals surface area contributed by atoms with Gasteiger partial charge in [0, 0.05) is 5.92 Å². The van der Waals surface area contributed by atoms with Crippen LogP contribution >= 0.6 is 0 Å². The van der Waals surface area contributed by atoms with E-state index in [1.807, 2.05) is 0 Å². The van der Waals surface area contributed by atoms with Crippen molar-refractivity contribution in [3.63, 3.8) is 0 Å². The van der Waals surface area contributed by atoms with E-state index in [1.54, 1.807) is 13.0 Å². The van der Waals surface area contributed by atoms with Gasteiger partial charge in [-0.25, -0.2) is 0 Å². The van der Waals surface area contributed by atoms with Gasteiger partial charge in [0.1, 0.15) is 0 Å². The molecule has 0 fully saturated rings. The lowest BCUT2D eigenvalue weighted by Gasteiger charge is -2.48. The molecule has 0 aromatic rings. The first-order valence-corrected chi connectivity index (χ1v) is 11.2. The van der Waals surface area contributed by atoms with Gasteiger partial charge in [0.05, 0.1) is 6.10 Å². The quantitative estimate of drug-likeness (QED) is 0.387. The number of hydrogen-bond acceptors (Lipinski definition) is 2. The predicted molar refractivity (Wildman–Crippen MR) is 97.5 cm³/mol. The summed E-state index contributed by atoms with van der Waals surface area (Å²) in [6.45, 7) is 19.8. The molecule has 0 aromatic carbocycles. The molecular formula is C19H34O2Si. The number of rotatable bonds is 4. The third kappa shape index (κ3) is 4.20. The zero-order valence-corrected chi connectivity index (χ0v) is 16.9. The molecule has 1 rings (SSSR count). The molecule has 22 heavy (non-hydrogen) atoms. The highest BCUT2D eigenvalue weighted by Crippen LogP contribution is 2.47. The number of hydrogen-bond donors (Lipinski definition) is 0. The number of carbonyl (C=O) groups excluding carboxylic acids is 1. The van der Waals surface area contributed by atoms with E-state index < -0.39 is 8.32 Å². The highest BCUT2D eigenvalue weighted by atomic mass is 28.4. The number of carbonyl (C=O) groups is 1. The molecule has 0 saturated carbocycles. The van der Waals surface area contributed by atoms with Crippen LogP contribution < -0.4 is 0 Å². The predicted octanol–water partition coefficient (Wildman–Crippen LogP) is 5.51. The minimum Gasteiger partial charge on any atom is -0.413 e. The van der Waals surface area contributed by atoms with E-state index in [0.29, 0.717) is 0 Å². The molecule has 1 aliphatic carbocycles. The lowest BCUT2D eigenvalue weighted by atomic mass is 9.67. The van der Waals surface area contributed by atoms with E-state index in [2.05, 4.69) is 66.8 Å². The first kappa shape index (κ1) is 19.4. The summed E-state index contributed by atoms with van der Waals surface area (Å²) in [5, 5.41) is 0.212. The van der Waals surface area contributed by atoms with Crippen molar-refractivity contribution in [2.45, 2.75) is 79.1 Å². The Balaban J connectivity index is 3.07. The van der Waals surface area contributed by atoms with Gasteiger partial charge in [-0.15, -0.1) is 0 Å². The van der Waals surface area contributed by atoms with Gasteiger partial charge in [-0.2, -0.15) is 0 Å². The van der Waals surface area contributed by atoms with Gasteiger partial charge in [-0.3, -0.25) is 4.79 Å². The van der Waals surface area contributed by atoms with Crippen molar-refractivity contribution in [2.24, 2.45) is 11.3 Å². The molecule has 0 saturated heterocycles. The Morgan fingerprint density at radius 3 is 2.36 bits per heavy atom. The monoisotopic (exact) mass is 322 g/mol. The molecule has 2 atom stereocenters. The molecule has 0 aliphatic heterocycles. The van der Waals surface area contributed by atoms with E-state index in [1.165, 1.54) is 5.57 Å². The summed E-state index contributed by atoms with van der Waals surface area (Å²) in [6.07, 6.45) is 7.24. The molecule has 126 valence electrons. The summed E-state index contributed by atoms with van der Waals surface area (Å²) in [5.74, 6) is 0.371. The van der Waals surface area contributed by atoms with Crippen LogP contribution in [0, 0.1) is 11.3 Å². The molecule has 0 unspecified atom stereocenters. The standard InChI is InChI=1S/C19H34O2Si/c1-14-10-13-17(21-22(8,9)18(3,4)5)19(6,7)16(14)12-11-15(2)20/h10-12,16-17H,13H2,1-9H3/b12-11+/t16-,17+/m1/s1. The van der Waals surface area contributed by atoms with E-state index >= 15 is 0 Å². The van der Waals surface area contributed by atoms with Crippen molar-refractivity contribution in [1.82, 2.24) is 0 Å². The van der Waals surface area contributed by atoms with E-state index in [4.69, 9.17) is 4.43 Å². The summed E-state index contributed by atoms with van der Waals surface area (Å²) in [7, 11) is -1.80. The smallest absolute Gasteiger partial charge is 0.192 e. The summed E-state index contributed by atoms with van der Waals surface area (Å²) >= 11 is 0. The average molecular weight is 323 g/mol. The highest BCUT2D eigenvalue weighted by Gasteiger charge is 2.46. The van der Waals surface area contributed by atoms with Crippen molar-refractivity contribution in [1.29, 1.82) is 0 Å². The zero-order chi connectivity index (χ0) is 17.3. The van der Waals surface area contributed by atoms with Crippen LogP contribution in [0.15, 0.2) is 23.8 Å². The first-order chi connectivity index (χ1) is 9.79. The largest absolute Gasteiger partial charge is 0.413 e. The second-order valence-corrected chi connectivity index (χ2v) is 13.6. The van der Waals surface area contributed by atoms with Crippen molar-refractivity contribution in [3.05, 3.63) is 23.8 Å². The molecule has 1 aliphatic rings. The maximum Gasteiger partial charge on any atom is 0.192 e. The Bertz CT molecular complexity index is 478. The fourth-order valence-electron chi connectivity index (χ4n) is 2.87. The molecule has 0 spiro atoms. The summed E-state index contributed by atoms with van der Waals surface area (Å²) in [5.41, 5.74) is 1.35. The second kappa shape index (κ2) is 6.44. The van der Waals surface area contributed by atoms with Gasteiger partial charge in [0.25, 0.3) is 0 Å². The third-order valence-corrected chi connectivity index (χ3v) is 10.0. The summed E-state index contributed by atoms with van der Waals surface area (Å²) in [4.78, 5) is 11.3. The van der Waals surface area contributed by atoms with Gasteiger partial charge < -0.3 is 4.43 Å². The normalized spacial score (nSPS) is 26.1. The van der Waals surface area contributed by atoms with Crippen molar-refractivity contribution >= 4 is 14.1 Å². The second-order valence-electron chi connectivity index (χ2n) is 8.82. The van der Waals surface area contributed by atoms with Gasteiger partial charge in [0.15, 0.2) is 14.1 Å². The summed E-state index contributed by atoms with van der Waals surface area (Å²) < 4.78 is 6.72. The maximum atomic E-state index is 11.3. The molecule has 0 heterocycles. The maximum absolute atomic E-state index is 11.3. The molecular weight excluding hydrogens is 288 g/mol. The van der Waals surface area contributed by atoms with Crippen LogP contribution in [0.1, 0.15) is 54.9 Å². The number of ketones is 1. The Labute approximate surface area is 138 Å². The van der Waals surface area contributed by atoms with Crippen LogP contribution in [0.5, 0.6) is 0 Å².